The predicted octanol–water partition coefficient (Wildman–Crippen LogP) is 2.05. The molecule has 2 aliphatic heterocycles. The van der Waals surface area contributed by atoms with Crippen LogP contribution in [0.25, 0.3) is 11.0 Å². The Labute approximate surface area is 162 Å². The predicted molar refractivity (Wildman–Crippen MR) is 106 cm³/mol. The van der Waals surface area contributed by atoms with Crippen molar-refractivity contribution in [2.75, 3.05) is 44.4 Å². The fourth-order valence-electron chi connectivity index (χ4n) is 3.67. The van der Waals surface area contributed by atoms with E-state index in [0.29, 0.717) is 63.4 Å². The Morgan fingerprint density at radius 3 is 2.39 bits per heavy atom. The Kier molecular flexibility index (Phi) is 4.37. The second-order valence-corrected chi connectivity index (χ2v) is 6.90. The molecule has 28 heavy (non-hydrogen) atoms. The third-order valence-electron chi connectivity index (χ3n) is 5.09. The van der Waals surface area contributed by atoms with Crippen molar-refractivity contribution in [3.63, 3.8) is 0 Å². The fraction of sp³-hybridized carbons (Fsp3) is 0.333. The quantitative estimate of drug-likeness (QED) is 0.694. The highest BCUT2D eigenvalue weighted by atomic mass is 16.6. The zero-order valence-electron chi connectivity index (χ0n) is 15.5. The first-order chi connectivity index (χ1) is 13.8. The lowest BCUT2D eigenvalue weighted by atomic mass is 10.2. The molecule has 0 atom stereocenters. The molecule has 0 aliphatic carbocycles. The smallest absolute Gasteiger partial charge is 0.294 e. The molecule has 1 aromatic heterocycles. The van der Waals surface area contributed by atoms with Gasteiger partial charge in [-0.15, -0.1) is 0 Å². The molecule has 3 aromatic rings. The van der Waals surface area contributed by atoms with Crippen molar-refractivity contribution in [1.29, 1.82) is 0 Å². The van der Waals surface area contributed by atoms with Gasteiger partial charge in [-0.25, -0.2) is 4.98 Å². The van der Waals surface area contributed by atoms with Crippen LogP contribution < -0.4 is 19.9 Å². The van der Waals surface area contributed by atoms with Crippen LogP contribution in [0.4, 0.5) is 5.82 Å². The Bertz CT molecular complexity index is 1060. The summed E-state index contributed by atoms with van der Waals surface area (Å²) in [5.41, 5.74) is 2.42. The summed E-state index contributed by atoms with van der Waals surface area (Å²) in [4.78, 5) is 20.1. The average molecular weight is 379 g/mol. The number of ether oxygens (including phenoxy) is 3. The highest BCUT2D eigenvalue weighted by Gasteiger charge is 2.22. The number of fused-ring (bicyclic) bond motifs is 2. The first-order valence-corrected chi connectivity index (χ1v) is 9.50. The van der Waals surface area contributed by atoms with E-state index in [1.54, 1.807) is 4.57 Å². The van der Waals surface area contributed by atoms with Crippen LogP contribution in [-0.2, 0) is 11.3 Å². The van der Waals surface area contributed by atoms with E-state index in [1.165, 1.54) is 0 Å². The molecule has 7 heteroatoms. The highest BCUT2D eigenvalue weighted by Crippen LogP contribution is 2.34. The maximum atomic E-state index is 13.4. The van der Waals surface area contributed by atoms with Crippen LogP contribution in [0.2, 0.25) is 0 Å². The monoisotopic (exact) mass is 379 g/mol. The molecule has 0 unspecified atom stereocenters. The summed E-state index contributed by atoms with van der Waals surface area (Å²) in [6.45, 7) is 3.99. The molecule has 144 valence electrons. The first-order valence-electron chi connectivity index (χ1n) is 9.50. The molecular weight excluding hydrogens is 358 g/mol. The summed E-state index contributed by atoms with van der Waals surface area (Å²) >= 11 is 0. The molecular formula is C21H21N3O4. The Balaban J connectivity index is 1.70. The lowest BCUT2D eigenvalue weighted by Gasteiger charge is -2.28. The van der Waals surface area contributed by atoms with E-state index in [1.807, 2.05) is 47.4 Å². The van der Waals surface area contributed by atoms with Gasteiger partial charge in [-0.05, 0) is 5.56 Å². The summed E-state index contributed by atoms with van der Waals surface area (Å²) < 4.78 is 18.7. The number of rotatable bonds is 3. The number of morpholine rings is 1. The lowest BCUT2D eigenvalue weighted by molar-refractivity contribution is 0.122. The van der Waals surface area contributed by atoms with Gasteiger partial charge in [-0.3, -0.25) is 9.36 Å². The molecule has 5 rings (SSSR count). The van der Waals surface area contributed by atoms with E-state index in [4.69, 9.17) is 19.2 Å². The third kappa shape index (κ3) is 3.07. The highest BCUT2D eigenvalue weighted by molar-refractivity contribution is 5.81. The number of aromatic nitrogens is 2. The minimum atomic E-state index is -0.102. The van der Waals surface area contributed by atoms with Crippen LogP contribution in [0.1, 0.15) is 5.56 Å². The molecule has 0 saturated carbocycles. The molecule has 0 bridgehead atoms. The van der Waals surface area contributed by atoms with Crippen molar-refractivity contribution in [2.24, 2.45) is 0 Å². The van der Waals surface area contributed by atoms with Crippen LogP contribution >= 0.6 is 0 Å². The average Bonchev–Trinajstić information content (AvgIpc) is 2.76. The molecule has 0 amide bonds. The van der Waals surface area contributed by atoms with Gasteiger partial charge in [-0.2, -0.15) is 0 Å². The second kappa shape index (κ2) is 7.16. The first kappa shape index (κ1) is 17.1. The van der Waals surface area contributed by atoms with Crippen molar-refractivity contribution in [1.82, 2.24) is 9.55 Å². The summed E-state index contributed by atoms with van der Waals surface area (Å²) in [7, 11) is 0. The van der Waals surface area contributed by atoms with Crippen molar-refractivity contribution >= 4 is 16.9 Å². The Hall–Kier alpha value is -3.06. The van der Waals surface area contributed by atoms with Crippen molar-refractivity contribution in [3.8, 4) is 11.5 Å². The van der Waals surface area contributed by atoms with Gasteiger partial charge in [0.25, 0.3) is 5.56 Å². The molecule has 1 saturated heterocycles. The molecule has 0 radical (unpaired) electrons. The topological polar surface area (TPSA) is 65.8 Å². The van der Waals surface area contributed by atoms with Gasteiger partial charge in [0.15, 0.2) is 17.3 Å². The zero-order chi connectivity index (χ0) is 18.9. The summed E-state index contributed by atoms with van der Waals surface area (Å²) in [6, 6.07) is 13.7. The Morgan fingerprint density at radius 2 is 1.64 bits per heavy atom. The maximum absolute atomic E-state index is 13.4. The number of anilines is 1. The SMILES string of the molecule is O=c1c(N2CCOCC2)nc2cc3c(cc2n1Cc1ccccc1)OCCO3. The van der Waals surface area contributed by atoms with Gasteiger partial charge in [0, 0.05) is 25.2 Å². The molecule has 3 heterocycles. The summed E-state index contributed by atoms with van der Waals surface area (Å²) in [6.07, 6.45) is 0. The van der Waals surface area contributed by atoms with Gasteiger partial charge in [0.2, 0.25) is 0 Å². The molecule has 0 spiro atoms. The third-order valence-corrected chi connectivity index (χ3v) is 5.09. The minimum absolute atomic E-state index is 0.102. The van der Waals surface area contributed by atoms with Crippen LogP contribution in [-0.4, -0.2) is 49.1 Å². The van der Waals surface area contributed by atoms with Gasteiger partial charge in [-0.1, -0.05) is 30.3 Å². The van der Waals surface area contributed by atoms with Gasteiger partial charge in [0.05, 0.1) is 30.8 Å². The molecule has 7 nitrogen and oxygen atoms in total. The normalized spacial score (nSPS) is 16.4. The lowest BCUT2D eigenvalue weighted by Crippen LogP contribution is -2.41. The molecule has 2 aliphatic rings. The van der Waals surface area contributed by atoms with Crippen molar-refractivity contribution in [3.05, 3.63) is 58.4 Å². The van der Waals surface area contributed by atoms with E-state index in [0.717, 1.165) is 16.6 Å². The van der Waals surface area contributed by atoms with Crippen LogP contribution in [0.5, 0.6) is 11.5 Å². The van der Waals surface area contributed by atoms with Crippen LogP contribution in [0.3, 0.4) is 0 Å². The second-order valence-electron chi connectivity index (χ2n) is 6.90. The maximum Gasteiger partial charge on any atom is 0.294 e. The Morgan fingerprint density at radius 1 is 0.929 bits per heavy atom. The van der Waals surface area contributed by atoms with E-state index >= 15 is 0 Å². The standard InChI is InChI=1S/C21H21N3O4/c25-21-20(23-6-8-26-9-7-23)22-16-12-18-19(28-11-10-27-18)13-17(16)24(21)14-15-4-2-1-3-5-15/h1-5,12-13H,6-11,14H2. The van der Waals surface area contributed by atoms with E-state index in [2.05, 4.69) is 0 Å². The summed E-state index contributed by atoms with van der Waals surface area (Å²) in [5, 5.41) is 0. The van der Waals surface area contributed by atoms with E-state index in [-0.39, 0.29) is 5.56 Å². The molecule has 1 fully saturated rings. The number of benzene rings is 2. The van der Waals surface area contributed by atoms with Gasteiger partial charge >= 0.3 is 0 Å². The number of hydrogen-bond donors (Lipinski definition) is 0. The fourth-order valence-corrected chi connectivity index (χ4v) is 3.67. The van der Waals surface area contributed by atoms with Crippen molar-refractivity contribution < 1.29 is 14.2 Å². The number of hydrogen-bond acceptors (Lipinski definition) is 6. The molecule has 2 aromatic carbocycles. The van der Waals surface area contributed by atoms with Crippen LogP contribution in [0.15, 0.2) is 47.3 Å². The van der Waals surface area contributed by atoms with E-state index in [9.17, 15) is 4.79 Å². The van der Waals surface area contributed by atoms with Gasteiger partial charge < -0.3 is 19.1 Å². The molecule has 0 N–H and O–H groups in total. The largest absolute Gasteiger partial charge is 0.486 e. The summed E-state index contributed by atoms with van der Waals surface area (Å²) in [5.74, 6) is 1.79. The number of nitrogens with zero attached hydrogens (tertiary/aromatic N) is 3. The van der Waals surface area contributed by atoms with E-state index < -0.39 is 0 Å². The zero-order valence-corrected chi connectivity index (χ0v) is 15.5. The van der Waals surface area contributed by atoms with Gasteiger partial charge in [0.1, 0.15) is 13.2 Å². The van der Waals surface area contributed by atoms with Crippen molar-refractivity contribution in [2.45, 2.75) is 6.54 Å². The van der Waals surface area contributed by atoms with Crippen LogP contribution in [0, 0.1) is 0 Å². The minimum Gasteiger partial charge on any atom is -0.486 e.